The zero-order valence-electron chi connectivity index (χ0n) is 21.7. The fourth-order valence-electron chi connectivity index (χ4n) is 6.60. The zero-order chi connectivity index (χ0) is 24.0. The summed E-state index contributed by atoms with van der Waals surface area (Å²) in [6.45, 7) is 2.27. The van der Waals surface area contributed by atoms with E-state index in [-0.39, 0.29) is 0 Å². The first-order chi connectivity index (χ1) is 16.7. The first kappa shape index (κ1) is 27.0. The molecule has 0 heterocycles. The van der Waals surface area contributed by atoms with Crippen molar-refractivity contribution in [1.29, 1.82) is 5.26 Å². The van der Waals surface area contributed by atoms with E-state index in [9.17, 15) is 4.39 Å². The molecule has 2 heteroatoms. The summed E-state index contributed by atoms with van der Waals surface area (Å²) in [4.78, 5) is 0. The minimum Gasteiger partial charge on any atom is -0.195 e. The number of hydrogen-bond donors (Lipinski definition) is 0. The van der Waals surface area contributed by atoms with E-state index in [1.165, 1.54) is 120 Å². The molecule has 0 aromatic heterocycles. The maximum Gasteiger partial charge on any atom is 0.196 e. The van der Waals surface area contributed by atoms with Crippen LogP contribution in [0.2, 0.25) is 0 Å². The number of allylic oxidation sites excluding steroid dienone is 2. The number of nitrogens with zero attached hydrogens (tertiary/aromatic N) is 1. The lowest BCUT2D eigenvalue weighted by Gasteiger charge is -2.38. The third kappa shape index (κ3) is 9.56. The molecule has 2 fully saturated rings. The van der Waals surface area contributed by atoms with Crippen molar-refractivity contribution in [3.05, 3.63) is 47.3 Å². The number of nitriles is 1. The quantitative estimate of drug-likeness (QED) is 0.210. The van der Waals surface area contributed by atoms with Crippen molar-refractivity contribution >= 4 is 0 Å². The standard InChI is InChI=1S/C32H48FN/c1-2-3-4-8-26-13-15-27(16-14-26)9-5-6-10-28-17-21-30(22-18-28)31-23-19-29(20-24-31)11-7-12-32(33)25-34/h12-16,28-31H,2-11,17-24H2,1H3/t28-,29-,30-,31-. The van der Waals surface area contributed by atoms with Crippen molar-refractivity contribution < 1.29 is 4.39 Å². The van der Waals surface area contributed by atoms with Crippen LogP contribution in [0.4, 0.5) is 4.39 Å². The number of hydrogen-bond acceptors (Lipinski definition) is 1. The van der Waals surface area contributed by atoms with Gasteiger partial charge in [-0.25, -0.2) is 0 Å². The second-order valence-corrected chi connectivity index (χ2v) is 11.3. The molecule has 1 aromatic rings. The summed E-state index contributed by atoms with van der Waals surface area (Å²) in [5.41, 5.74) is 3.02. The highest BCUT2D eigenvalue weighted by molar-refractivity contribution is 5.22. The zero-order valence-corrected chi connectivity index (χ0v) is 21.7. The molecule has 0 N–H and O–H groups in total. The van der Waals surface area contributed by atoms with Crippen LogP contribution < -0.4 is 0 Å². The second kappa shape index (κ2) is 15.4. The molecular formula is C32H48FN. The van der Waals surface area contributed by atoms with Gasteiger partial charge in [-0.3, -0.25) is 0 Å². The molecule has 0 spiro atoms. The average molecular weight is 466 g/mol. The smallest absolute Gasteiger partial charge is 0.195 e. The van der Waals surface area contributed by atoms with Crippen LogP contribution in [0.5, 0.6) is 0 Å². The summed E-state index contributed by atoms with van der Waals surface area (Å²) in [5, 5.41) is 8.52. The fraction of sp³-hybridized carbons (Fsp3) is 0.719. The summed E-state index contributed by atoms with van der Waals surface area (Å²) in [7, 11) is 0. The van der Waals surface area contributed by atoms with Crippen molar-refractivity contribution in [1.82, 2.24) is 0 Å². The van der Waals surface area contributed by atoms with Crippen LogP contribution in [-0.2, 0) is 12.8 Å². The van der Waals surface area contributed by atoms with Crippen LogP contribution in [-0.4, -0.2) is 0 Å². The second-order valence-electron chi connectivity index (χ2n) is 11.3. The van der Waals surface area contributed by atoms with Gasteiger partial charge in [0.05, 0.1) is 0 Å². The van der Waals surface area contributed by atoms with Gasteiger partial charge in [0.2, 0.25) is 0 Å². The topological polar surface area (TPSA) is 23.8 Å². The van der Waals surface area contributed by atoms with Crippen LogP contribution >= 0.6 is 0 Å². The molecule has 0 saturated heterocycles. The molecule has 0 atom stereocenters. The molecule has 34 heavy (non-hydrogen) atoms. The van der Waals surface area contributed by atoms with E-state index in [0.29, 0.717) is 0 Å². The van der Waals surface area contributed by atoms with Gasteiger partial charge in [-0.15, -0.1) is 0 Å². The van der Waals surface area contributed by atoms with E-state index in [1.807, 2.05) is 0 Å². The molecular weight excluding hydrogens is 417 g/mol. The highest BCUT2D eigenvalue weighted by Crippen LogP contribution is 2.43. The summed E-state index contributed by atoms with van der Waals surface area (Å²) in [6, 6.07) is 11.0. The Kier molecular flexibility index (Phi) is 12.2. The minimum absolute atomic E-state index is 0.614. The van der Waals surface area contributed by atoms with Gasteiger partial charge in [-0.1, -0.05) is 82.6 Å². The van der Waals surface area contributed by atoms with Crippen LogP contribution in [0, 0.1) is 35.0 Å². The fourth-order valence-corrected chi connectivity index (χ4v) is 6.60. The first-order valence-corrected chi connectivity index (χ1v) is 14.5. The summed E-state index contributed by atoms with van der Waals surface area (Å²) >= 11 is 0. The molecule has 2 aliphatic carbocycles. The molecule has 0 bridgehead atoms. The lowest BCUT2D eigenvalue weighted by Crippen LogP contribution is -2.25. The van der Waals surface area contributed by atoms with Crippen LogP contribution in [0.25, 0.3) is 0 Å². The van der Waals surface area contributed by atoms with E-state index in [2.05, 4.69) is 31.2 Å². The Morgan fingerprint density at radius 3 is 1.79 bits per heavy atom. The Morgan fingerprint density at radius 1 is 0.794 bits per heavy atom. The third-order valence-electron chi connectivity index (χ3n) is 8.87. The molecule has 2 aliphatic rings. The van der Waals surface area contributed by atoms with Gasteiger partial charge >= 0.3 is 0 Å². The van der Waals surface area contributed by atoms with E-state index in [1.54, 1.807) is 6.07 Å². The normalized spacial score (nSPS) is 25.7. The number of rotatable bonds is 13. The summed E-state index contributed by atoms with van der Waals surface area (Å²) in [6.07, 6.45) is 25.1. The number of aryl methyl sites for hydroxylation is 2. The van der Waals surface area contributed by atoms with E-state index >= 15 is 0 Å². The van der Waals surface area contributed by atoms with Gasteiger partial charge in [0.15, 0.2) is 5.83 Å². The number of unbranched alkanes of at least 4 members (excludes halogenated alkanes) is 3. The van der Waals surface area contributed by atoms with Crippen molar-refractivity contribution in [2.75, 3.05) is 0 Å². The predicted octanol–water partition coefficient (Wildman–Crippen LogP) is 9.90. The summed E-state index contributed by atoms with van der Waals surface area (Å²) in [5.74, 6) is 3.00. The molecule has 0 radical (unpaired) electrons. The van der Waals surface area contributed by atoms with E-state index in [0.717, 1.165) is 36.5 Å². The Balaban J connectivity index is 1.24. The Morgan fingerprint density at radius 2 is 1.29 bits per heavy atom. The molecule has 2 saturated carbocycles. The SMILES string of the molecule is CCCCCc1ccc(CCCC[C@H]2CC[C@H]([C@H]3CC[C@H](CCC=C(F)C#N)CC3)CC2)cc1. The highest BCUT2D eigenvalue weighted by atomic mass is 19.1. The lowest BCUT2D eigenvalue weighted by molar-refractivity contribution is 0.140. The maximum absolute atomic E-state index is 13.0. The highest BCUT2D eigenvalue weighted by Gasteiger charge is 2.30. The molecule has 0 amide bonds. The Hall–Kier alpha value is -1.62. The van der Waals surface area contributed by atoms with Gasteiger partial charge in [-0.2, -0.15) is 9.65 Å². The minimum atomic E-state index is -0.614. The first-order valence-electron chi connectivity index (χ1n) is 14.5. The van der Waals surface area contributed by atoms with Crippen molar-refractivity contribution in [3.63, 3.8) is 0 Å². The van der Waals surface area contributed by atoms with Gasteiger partial charge in [0, 0.05) is 0 Å². The molecule has 3 rings (SSSR count). The van der Waals surface area contributed by atoms with Crippen LogP contribution in [0.3, 0.4) is 0 Å². The van der Waals surface area contributed by atoms with Crippen molar-refractivity contribution in [3.8, 4) is 6.07 Å². The van der Waals surface area contributed by atoms with Crippen molar-refractivity contribution in [2.24, 2.45) is 23.7 Å². The third-order valence-corrected chi connectivity index (χ3v) is 8.87. The van der Waals surface area contributed by atoms with Crippen molar-refractivity contribution in [2.45, 2.75) is 122 Å². The number of benzene rings is 1. The molecule has 0 unspecified atom stereocenters. The monoisotopic (exact) mass is 465 g/mol. The molecule has 1 nitrogen and oxygen atoms in total. The lowest BCUT2D eigenvalue weighted by atomic mass is 9.68. The van der Waals surface area contributed by atoms with Gasteiger partial charge in [0.1, 0.15) is 6.07 Å². The predicted molar refractivity (Wildman–Crippen MR) is 142 cm³/mol. The van der Waals surface area contributed by atoms with E-state index < -0.39 is 5.83 Å². The molecule has 1 aromatic carbocycles. The summed E-state index contributed by atoms with van der Waals surface area (Å²) < 4.78 is 13.0. The van der Waals surface area contributed by atoms with Crippen LogP contribution in [0.1, 0.15) is 121 Å². The van der Waals surface area contributed by atoms with Gasteiger partial charge in [-0.05, 0) is 105 Å². The van der Waals surface area contributed by atoms with Gasteiger partial charge < -0.3 is 0 Å². The maximum atomic E-state index is 13.0. The number of halogens is 1. The Bertz CT molecular complexity index is 742. The largest absolute Gasteiger partial charge is 0.196 e. The average Bonchev–Trinajstić information content (AvgIpc) is 2.88. The Labute approximate surface area is 209 Å². The van der Waals surface area contributed by atoms with Gasteiger partial charge in [0.25, 0.3) is 0 Å². The molecule has 0 aliphatic heterocycles. The van der Waals surface area contributed by atoms with Crippen LogP contribution in [0.15, 0.2) is 36.2 Å². The molecule has 188 valence electrons. The van der Waals surface area contributed by atoms with E-state index in [4.69, 9.17) is 5.26 Å².